The number of H-pyrrole nitrogens is 1. The number of halogens is 1. The second kappa shape index (κ2) is 6.58. The molecule has 8 heteroatoms. The molecule has 24 heavy (non-hydrogen) atoms. The Balaban J connectivity index is 1.74. The Kier molecular flexibility index (Phi) is 4.50. The van der Waals surface area contributed by atoms with E-state index in [1.807, 2.05) is 0 Å². The Morgan fingerprint density at radius 2 is 2.00 bits per heavy atom. The summed E-state index contributed by atoms with van der Waals surface area (Å²) in [4.78, 5) is 38.1. The summed E-state index contributed by atoms with van der Waals surface area (Å²) in [5.74, 6) is -0.782. The lowest BCUT2D eigenvalue weighted by Crippen LogP contribution is -2.17. The van der Waals surface area contributed by atoms with Gasteiger partial charge in [-0.2, -0.15) is 0 Å². The number of benzene rings is 2. The monoisotopic (exact) mass is 405 g/mol. The van der Waals surface area contributed by atoms with Gasteiger partial charge in [-0.1, -0.05) is 27.3 Å². The van der Waals surface area contributed by atoms with Crippen LogP contribution in [0.15, 0.2) is 45.7 Å². The maximum Gasteiger partial charge on any atom is 0.305 e. The molecule has 0 radical (unpaired) electrons. The number of rotatable bonds is 4. The number of carbonyl (C=O) groups excluding carboxylic acids is 2. The second-order valence-electron chi connectivity index (χ2n) is 5.11. The lowest BCUT2D eigenvalue weighted by Gasteiger charge is -2.08. The minimum absolute atomic E-state index is 0.183. The van der Waals surface area contributed by atoms with Crippen LogP contribution >= 0.6 is 27.3 Å². The van der Waals surface area contributed by atoms with Gasteiger partial charge < -0.3 is 16.0 Å². The van der Waals surface area contributed by atoms with Crippen LogP contribution in [0.4, 0.5) is 11.4 Å². The molecule has 0 saturated carbocycles. The third kappa shape index (κ3) is 3.55. The number of amides is 1. The normalized spacial score (nSPS) is 10.7. The summed E-state index contributed by atoms with van der Waals surface area (Å²) < 4.78 is 1.45. The number of Topliss-reactive ketones (excluding diaryl/α,β-unsaturated/α-hetero) is 1. The van der Waals surface area contributed by atoms with E-state index in [2.05, 4.69) is 26.2 Å². The van der Waals surface area contributed by atoms with Crippen LogP contribution in [0.25, 0.3) is 10.2 Å². The number of aromatic nitrogens is 1. The number of anilines is 2. The third-order valence-electron chi connectivity index (χ3n) is 3.35. The molecule has 6 nitrogen and oxygen atoms in total. The molecule has 0 spiro atoms. The van der Waals surface area contributed by atoms with Gasteiger partial charge in [0.1, 0.15) is 0 Å². The van der Waals surface area contributed by atoms with Crippen LogP contribution in [0.2, 0.25) is 0 Å². The molecule has 1 heterocycles. The first-order valence-electron chi connectivity index (χ1n) is 6.93. The SMILES string of the molecule is Nc1ccc(Br)cc1NC(=O)CC(=O)c1ccc2[nH]c(=O)sc2c1. The average Bonchev–Trinajstić information content (AvgIpc) is 2.89. The number of nitrogens with one attached hydrogen (secondary N) is 2. The lowest BCUT2D eigenvalue weighted by molar-refractivity contribution is -0.115. The fourth-order valence-electron chi connectivity index (χ4n) is 2.20. The minimum atomic E-state index is -0.452. The smallest absolute Gasteiger partial charge is 0.305 e. The van der Waals surface area contributed by atoms with E-state index >= 15 is 0 Å². The van der Waals surface area contributed by atoms with Crippen LogP contribution in [0, 0.1) is 0 Å². The molecule has 1 aromatic heterocycles. The number of nitrogens with two attached hydrogens (primary N) is 1. The predicted molar refractivity (Wildman–Crippen MR) is 98.6 cm³/mol. The van der Waals surface area contributed by atoms with Gasteiger partial charge in [-0.3, -0.25) is 14.4 Å². The van der Waals surface area contributed by atoms with Crippen molar-refractivity contribution in [2.45, 2.75) is 6.42 Å². The molecule has 0 aliphatic heterocycles. The van der Waals surface area contributed by atoms with Crippen molar-refractivity contribution in [2.75, 3.05) is 11.1 Å². The van der Waals surface area contributed by atoms with Crippen molar-refractivity contribution in [3.05, 3.63) is 56.1 Å². The maximum atomic E-state index is 12.3. The molecule has 2 aromatic carbocycles. The Labute approximate surface area is 148 Å². The first kappa shape index (κ1) is 16.4. The zero-order valence-electron chi connectivity index (χ0n) is 12.3. The summed E-state index contributed by atoms with van der Waals surface area (Å²) in [7, 11) is 0. The Morgan fingerprint density at radius 1 is 1.21 bits per heavy atom. The van der Waals surface area contributed by atoms with Gasteiger partial charge in [-0.05, 0) is 36.4 Å². The minimum Gasteiger partial charge on any atom is -0.397 e. The van der Waals surface area contributed by atoms with Gasteiger partial charge in [0.15, 0.2) is 5.78 Å². The van der Waals surface area contributed by atoms with Crippen LogP contribution < -0.4 is 15.9 Å². The number of thiazole rings is 1. The molecule has 3 aromatic rings. The van der Waals surface area contributed by atoms with Crippen molar-refractivity contribution in [1.29, 1.82) is 0 Å². The van der Waals surface area contributed by atoms with Gasteiger partial charge >= 0.3 is 4.87 Å². The molecule has 3 rings (SSSR count). The zero-order valence-corrected chi connectivity index (χ0v) is 14.7. The van der Waals surface area contributed by atoms with E-state index in [4.69, 9.17) is 5.73 Å². The first-order valence-corrected chi connectivity index (χ1v) is 8.54. The van der Waals surface area contributed by atoms with Crippen molar-refractivity contribution < 1.29 is 9.59 Å². The van der Waals surface area contributed by atoms with Crippen molar-refractivity contribution >= 4 is 60.5 Å². The van der Waals surface area contributed by atoms with E-state index in [1.54, 1.807) is 36.4 Å². The molecule has 0 aliphatic rings. The third-order valence-corrected chi connectivity index (χ3v) is 4.69. The maximum absolute atomic E-state index is 12.3. The fourth-order valence-corrected chi connectivity index (χ4v) is 3.33. The summed E-state index contributed by atoms with van der Waals surface area (Å²) in [6.45, 7) is 0. The lowest BCUT2D eigenvalue weighted by atomic mass is 10.1. The van der Waals surface area contributed by atoms with Crippen LogP contribution in [-0.2, 0) is 4.79 Å². The van der Waals surface area contributed by atoms with Gasteiger partial charge in [0.25, 0.3) is 0 Å². The summed E-state index contributed by atoms with van der Waals surface area (Å²) in [5.41, 5.74) is 7.71. The Morgan fingerprint density at radius 3 is 2.79 bits per heavy atom. The summed E-state index contributed by atoms with van der Waals surface area (Å²) in [5, 5.41) is 2.62. The van der Waals surface area contributed by atoms with Crippen LogP contribution in [-0.4, -0.2) is 16.7 Å². The first-order chi connectivity index (χ1) is 11.4. The number of hydrogen-bond acceptors (Lipinski definition) is 5. The molecule has 1 amide bonds. The van der Waals surface area contributed by atoms with E-state index in [0.29, 0.717) is 27.2 Å². The molecular weight excluding hydrogens is 394 g/mol. The largest absolute Gasteiger partial charge is 0.397 e. The Bertz CT molecular complexity index is 1010. The number of aromatic amines is 1. The topological polar surface area (TPSA) is 105 Å². The number of nitrogen functional groups attached to an aromatic ring is 1. The second-order valence-corrected chi connectivity index (χ2v) is 7.04. The molecular formula is C16H12BrN3O3S. The van der Waals surface area contributed by atoms with Gasteiger partial charge in [0, 0.05) is 10.0 Å². The van der Waals surface area contributed by atoms with E-state index in [9.17, 15) is 14.4 Å². The number of carbonyl (C=O) groups is 2. The van der Waals surface area contributed by atoms with E-state index in [1.165, 1.54) is 0 Å². The van der Waals surface area contributed by atoms with Gasteiger partial charge in [0.05, 0.1) is 28.0 Å². The highest BCUT2D eigenvalue weighted by Crippen LogP contribution is 2.23. The zero-order chi connectivity index (χ0) is 17.3. The highest BCUT2D eigenvalue weighted by molar-refractivity contribution is 9.10. The fraction of sp³-hybridized carbons (Fsp3) is 0.0625. The van der Waals surface area contributed by atoms with Crippen molar-refractivity contribution in [2.24, 2.45) is 0 Å². The standard InChI is InChI=1S/C16H12BrN3O3S/c17-9-2-3-10(18)12(6-9)19-15(22)7-13(21)8-1-4-11-14(5-8)24-16(23)20-11/h1-6H,7,18H2,(H,19,22)(H,20,23). The Hall–Kier alpha value is -2.45. The average molecular weight is 406 g/mol. The molecule has 0 bridgehead atoms. The molecule has 0 aliphatic carbocycles. The molecule has 4 N–H and O–H groups in total. The van der Waals surface area contributed by atoms with Crippen molar-refractivity contribution in [1.82, 2.24) is 4.98 Å². The van der Waals surface area contributed by atoms with Crippen LogP contribution in [0.3, 0.4) is 0 Å². The summed E-state index contributed by atoms with van der Waals surface area (Å²) in [6.07, 6.45) is -0.309. The number of fused-ring (bicyclic) bond motifs is 1. The molecule has 0 saturated heterocycles. The molecule has 0 fully saturated rings. The predicted octanol–water partition coefficient (Wildman–Crippen LogP) is 3.15. The number of ketones is 1. The molecule has 0 atom stereocenters. The van der Waals surface area contributed by atoms with Crippen molar-refractivity contribution in [3.8, 4) is 0 Å². The van der Waals surface area contributed by atoms with E-state index in [-0.39, 0.29) is 17.1 Å². The molecule has 122 valence electrons. The van der Waals surface area contributed by atoms with Crippen LogP contribution in [0.1, 0.15) is 16.8 Å². The number of hydrogen-bond donors (Lipinski definition) is 3. The quantitative estimate of drug-likeness (QED) is 0.352. The van der Waals surface area contributed by atoms with Gasteiger partial charge in [0.2, 0.25) is 5.91 Å². The molecule has 0 unspecified atom stereocenters. The van der Waals surface area contributed by atoms with E-state index in [0.717, 1.165) is 15.8 Å². The van der Waals surface area contributed by atoms with Gasteiger partial charge in [-0.25, -0.2) is 0 Å². The highest BCUT2D eigenvalue weighted by atomic mass is 79.9. The van der Waals surface area contributed by atoms with Crippen LogP contribution in [0.5, 0.6) is 0 Å². The van der Waals surface area contributed by atoms with Crippen molar-refractivity contribution in [3.63, 3.8) is 0 Å². The summed E-state index contributed by atoms with van der Waals surface area (Å²) in [6, 6.07) is 9.94. The summed E-state index contributed by atoms with van der Waals surface area (Å²) >= 11 is 4.32. The van der Waals surface area contributed by atoms with E-state index < -0.39 is 5.91 Å². The highest BCUT2D eigenvalue weighted by Gasteiger charge is 2.14. The van der Waals surface area contributed by atoms with Gasteiger partial charge in [-0.15, -0.1) is 0 Å².